The van der Waals surface area contributed by atoms with Crippen LogP contribution >= 0.6 is 0 Å². The van der Waals surface area contributed by atoms with Gasteiger partial charge in [-0.2, -0.15) is 0 Å². The van der Waals surface area contributed by atoms with E-state index >= 15 is 0 Å². The van der Waals surface area contributed by atoms with Gasteiger partial charge in [0, 0.05) is 22.7 Å². The minimum Gasteiger partial charge on any atom is -0.360 e. The normalized spacial score (nSPS) is 10.6. The molecule has 0 fully saturated rings. The summed E-state index contributed by atoms with van der Waals surface area (Å²) in [7, 11) is 0. The Morgan fingerprint density at radius 1 is 1.38 bits per heavy atom. The zero-order chi connectivity index (χ0) is 9.42. The summed E-state index contributed by atoms with van der Waals surface area (Å²) in [6, 6.07) is 5.98. The Balaban J connectivity index is 2.86. The van der Waals surface area contributed by atoms with E-state index in [9.17, 15) is 4.79 Å². The van der Waals surface area contributed by atoms with Crippen LogP contribution in [0, 0.1) is 6.92 Å². The maximum atomic E-state index is 11.3. The van der Waals surface area contributed by atoms with Gasteiger partial charge in [0.15, 0.2) is 5.78 Å². The molecule has 0 radical (unpaired) electrons. The third kappa shape index (κ3) is 1.15. The predicted molar refractivity (Wildman–Crippen MR) is 53.0 cm³/mol. The summed E-state index contributed by atoms with van der Waals surface area (Å²) in [4.78, 5) is 14.3. The van der Waals surface area contributed by atoms with Gasteiger partial charge < -0.3 is 4.98 Å². The average Bonchev–Trinajstić information content (AvgIpc) is 2.49. The van der Waals surface area contributed by atoms with Gasteiger partial charge in [-0.1, -0.05) is 12.1 Å². The van der Waals surface area contributed by atoms with Gasteiger partial charge in [-0.25, -0.2) is 0 Å². The second-order valence-corrected chi connectivity index (χ2v) is 3.26. The van der Waals surface area contributed by atoms with Crippen LogP contribution < -0.4 is 0 Å². The van der Waals surface area contributed by atoms with Crippen molar-refractivity contribution >= 4 is 16.7 Å². The minimum atomic E-state index is 0.112. The molecule has 0 aliphatic carbocycles. The van der Waals surface area contributed by atoms with Crippen LogP contribution in [0.5, 0.6) is 0 Å². The lowest BCUT2D eigenvalue weighted by molar-refractivity contribution is 0.101. The van der Waals surface area contributed by atoms with E-state index < -0.39 is 0 Å². The maximum Gasteiger partial charge on any atom is 0.161 e. The molecule has 1 heterocycles. The van der Waals surface area contributed by atoms with Crippen LogP contribution in [0.3, 0.4) is 0 Å². The second kappa shape index (κ2) is 2.73. The molecular formula is C11H11NO. The first-order valence-corrected chi connectivity index (χ1v) is 4.28. The lowest BCUT2D eigenvalue weighted by atomic mass is 10.1. The highest BCUT2D eigenvalue weighted by Gasteiger charge is 2.08. The van der Waals surface area contributed by atoms with Gasteiger partial charge in [0.05, 0.1) is 0 Å². The summed E-state index contributed by atoms with van der Waals surface area (Å²) in [5.41, 5.74) is 2.96. The summed E-state index contributed by atoms with van der Waals surface area (Å²) >= 11 is 0. The number of H-pyrrole nitrogens is 1. The molecule has 2 nitrogen and oxygen atoms in total. The van der Waals surface area contributed by atoms with Crippen LogP contribution in [0.4, 0.5) is 0 Å². The molecule has 0 amide bonds. The first-order chi connectivity index (χ1) is 6.20. The Bertz CT molecular complexity index is 468. The van der Waals surface area contributed by atoms with Crippen molar-refractivity contribution in [1.82, 2.24) is 4.98 Å². The highest BCUT2D eigenvalue weighted by atomic mass is 16.1. The highest BCUT2D eigenvalue weighted by molar-refractivity contribution is 6.07. The molecule has 0 spiro atoms. The third-order valence-corrected chi connectivity index (χ3v) is 2.29. The van der Waals surface area contributed by atoms with Gasteiger partial charge >= 0.3 is 0 Å². The molecular weight excluding hydrogens is 162 g/mol. The monoisotopic (exact) mass is 173 g/mol. The first kappa shape index (κ1) is 8.05. The smallest absolute Gasteiger partial charge is 0.161 e. The Kier molecular flexibility index (Phi) is 1.69. The van der Waals surface area contributed by atoms with Crippen molar-refractivity contribution in [3.05, 3.63) is 35.5 Å². The number of rotatable bonds is 1. The molecule has 0 aliphatic heterocycles. The zero-order valence-electron chi connectivity index (χ0n) is 7.72. The summed E-state index contributed by atoms with van der Waals surface area (Å²) in [5, 5.41) is 1.05. The summed E-state index contributed by atoms with van der Waals surface area (Å²) in [5.74, 6) is 0.112. The molecule has 1 N–H and O–H groups in total. The number of carbonyl (C=O) groups excluding carboxylic acids is 1. The van der Waals surface area contributed by atoms with E-state index in [-0.39, 0.29) is 5.78 Å². The van der Waals surface area contributed by atoms with Gasteiger partial charge in [-0.15, -0.1) is 0 Å². The highest BCUT2D eigenvalue weighted by Crippen LogP contribution is 2.21. The molecule has 13 heavy (non-hydrogen) atoms. The van der Waals surface area contributed by atoms with Crippen molar-refractivity contribution in [1.29, 1.82) is 0 Å². The maximum absolute atomic E-state index is 11.3. The van der Waals surface area contributed by atoms with Gasteiger partial charge in [0.1, 0.15) is 0 Å². The van der Waals surface area contributed by atoms with E-state index in [1.54, 1.807) is 13.1 Å². The van der Waals surface area contributed by atoms with Crippen molar-refractivity contribution in [2.75, 3.05) is 0 Å². The van der Waals surface area contributed by atoms with Crippen molar-refractivity contribution in [2.24, 2.45) is 0 Å². The molecule has 0 atom stereocenters. The number of benzene rings is 1. The minimum absolute atomic E-state index is 0.112. The number of aryl methyl sites for hydroxylation is 1. The average molecular weight is 173 g/mol. The fourth-order valence-corrected chi connectivity index (χ4v) is 1.65. The molecule has 0 aliphatic rings. The Labute approximate surface area is 76.6 Å². The molecule has 0 unspecified atom stereocenters. The fraction of sp³-hybridized carbons (Fsp3) is 0.182. The van der Waals surface area contributed by atoms with Gasteiger partial charge in [0.25, 0.3) is 0 Å². The molecule has 0 bridgehead atoms. The number of nitrogens with one attached hydrogen (secondary N) is 1. The summed E-state index contributed by atoms with van der Waals surface area (Å²) in [6.07, 6.45) is 1.78. The molecule has 66 valence electrons. The second-order valence-electron chi connectivity index (χ2n) is 3.26. The number of aromatic amines is 1. The lowest BCUT2D eigenvalue weighted by Crippen LogP contribution is -1.90. The third-order valence-electron chi connectivity index (χ3n) is 2.29. The summed E-state index contributed by atoms with van der Waals surface area (Å²) < 4.78 is 0. The van der Waals surface area contributed by atoms with Crippen LogP contribution in [-0.2, 0) is 0 Å². The first-order valence-electron chi connectivity index (χ1n) is 4.28. The Hall–Kier alpha value is -1.57. The van der Waals surface area contributed by atoms with Crippen LogP contribution in [-0.4, -0.2) is 10.8 Å². The van der Waals surface area contributed by atoms with Crippen molar-refractivity contribution in [3.63, 3.8) is 0 Å². The number of hydrogen-bond acceptors (Lipinski definition) is 1. The molecule has 1 aromatic heterocycles. The number of ketones is 1. The molecule has 0 saturated carbocycles. The topological polar surface area (TPSA) is 32.9 Å². The van der Waals surface area contributed by atoms with Crippen LogP contribution in [0.15, 0.2) is 24.4 Å². The van der Waals surface area contributed by atoms with E-state index in [0.717, 1.165) is 22.0 Å². The van der Waals surface area contributed by atoms with Gasteiger partial charge in [0.2, 0.25) is 0 Å². The van der Waals surface area contributed by atoms with Crippen molar-refractivity contribution in [2.45, 2.75) is 13.8 Å². The fourth-order valence-electron chi connectivity index (χ4n) is 1.65. The largest absolute Gasteiger partial charge is 0.360 e. The molecule has 2 aromatic rings. The van der Waals surface area contributed by atoms with E-state index in [0.29, 0.717) is 0 Å². The number of fused-ring (bicyclic) bond motifs is 1. The van der Waals surface area contributed by atoms with E-state index in [4.69, 9.17) is 0 Å². The number of aromatic nitrogens is 1. The van der Waals surface area contributed by atoms with Gasteiger partial charge in [-0.3, -0.25) is 4.79 Å². The predicted octanol–water partition coefficient (Wildman–Crippen LogP) is 2.68. The SMILES string of the molecule is CC(=O)c1c[nH]c2cccc(C)c12. The summed E-state index contributed by atoms with van der Waals surface area (Å²) in [6.45, 7) is 3.61. The number of Topliss-reactive ketones (excluding diaryl/α,β-unsaturated/α-hetero) is 1. The molecule has 1 aromatic carbocycles. The van der Waals surface area contributed by atoms with Crippen LogP contribution in [0.2, 0.25) is 0 Å². The zero-order valence-corrected chi connectivity index (χ0v) is 7.72. The van der Waals surface area contributed by atoms with Crippen molar-refractivity contribution in [3.8, 4) is 0 Å². The molecule has 2 rings (SSSR count). The van der Waals surface area contributed by atoms with Gasteiger partial charge in [-0.05, 0) is 25.5 Å². The lowest BCUT2D eigenvalue weighted by Gasteiger charge is -1.97. The number of hydrogen-bond donors (Lipinski definition) is 1. The van der Waals surface area contributed by atoms with E-state index in [1.807, 2.05) is 25.1 Å². The Morgan fingerprint density at radius 3 is 2.85 bits per heavy atom. The van der Waals surface area contributed by atoms with E-state index in [2.05, 4.69) is 4.98 Å². The number of carbonyl (C=O) groups is 1. The van der Waals surface area contributed by atoms with Crippen molar-refractivity contribution < 1.29 is 4.79 Å². The standard InChI is InChI=1S/C11H11NO/c1-7-4-3-5-10-11(7)9(6-12-10)8(2)13/h3-6,12H,1-2H3. The van der Waals surface area contributed by atoms with Crippen LogP contribution in [0.1, 0.15) is 22.8 Å². The van der Waals surface area contributed by atoms with Crippen LogP contribution in [0.25, 0.3) is 10.9 Å². The molecule has 2 heteroatoms. The van der Waals surface area contributed by atoms with E-state index in [1.165, 1.54) is 0 Å². The Morgan fingerprint density at radius 2 is 2.15 bits per heavy atom. The molecule has 0 saturated heterocycles. The quantitative estimate of drug-likeness (QED) is 0.661.